The molecule has 3 rings (SSSR count). The van der Waals surface area contributed by atoms with E-state index in [9.17, 15) is 0 Å². The molecule has 0 amide bonds. The normalized spacial score (nSPS) is 10.4. The number of para-hydroxylation sites is 2. The van der Waals surface area contributed by atoms with Crippen molar-refractivity contribution < 1.29 is 14.2 Å². The van der Waals surface area contributed by atoms with Gasteiger partial charge in [0.15, 0.2) is 0 Å². The van der Waals surface area contributed by atoms with Crippen LogP contribution in [0.2, 0.25) is 0 Å². The molecule has 0 spiro atoms. The maximum absolute atomic E-state index is 5.83. The average molecular weight is 363 g/mol. The van der Waals surface area contributed by atoms with E-state index in [1.165, 1.54) is 0 Å². The highest BCUT2D eigenvalue weighted by atomic mass is 16.5. The van der Waals surface area contributed by atoms with Gasteiger partial charge >= 0.3 is 0 Å². The van der Waals surface area contributed by atoms with E-state index in [0.29, 0.717) is 26.4 Å². The highest BCUT2D eigenvalue weighted by Gasteiger charge is 2.04. The van der Waals surface area contributed by atoms with Crippen molar-refractivity contribution in [3.63, 3.8) is 0 Å². The molecule has 0 radical (unpaired) electrons. The molecule has 4 heteroatoms. The number of hydrogen-bond acceptors (Lipinski definition) is 4. The van der Waals surface area contributed by atoms with Gasteiger partial charge in [-0.25, -0.2) is 0 Å². The van der Waals surface area contributed by atoms with Crippen LogP contribution in [0.25, 0.3) is 0 Å². The van der Waals surface area contributed by atoms with Crippen LogP contribution in [0.5, 0.6) is 17.2 Å². The van der Waals surface area contributed by atoms with Crippen LogP contribution in [0.4, 0.5) is 5.69 Å². The Kier molecular flexibility index (Phi) is 7.13. The molecule has 0 fully saturated rings. The van der Waals surface area contributed by atoms with E-state index >= 15 is 0 Å². The predicted molar refractivity (Wildman–Crippen MR) is 109 cm³/mol. The molecule has 140 valence electrons. The first-order valence-electron chi connectivity index (χ1n) is 9.20. The maximum atomic E-state index is 5.83. The largest absolute Gasteiger partial charge is 0.491 e. The predicted octanol–water partition coefficient (Wildman–Crippen LogP) is 5.51. The lowest BCUT2D eigenvalue weighted by molar-refractivity contribution is 0.110. The second-order valence-electron chi connectivity index (χ2n) is 5.95. The summed E-state index contributed by atoms with van der Waals surface area (Å²) < 4.78 is 17.0. The number of benzene rings is 3. The summed E-state index contributed by atoms with van der Waals surface area (Å²) in [5.74, 6) is 2.52. The Balaban J connectivity index is 1.54. The lowest BCUT2D eigenvalue weighted by Gasteiger charge is -2.13. The molecule has 0 aromatic heterocycles. The number of ether oxygens (including phenoxy) is 3. The number of rotatable bonds is 10. The molecule has 0 heterocycles. The minimum atomic E-state index is 0.552. The fourth-order valence-electron chi connectivity index (χ4n) is 2.61. The Hall–Kier alpha value is -2.98. The lowest BCUT2D eigenvalue weighted by Crippen LogP contribution is -2.09. The first kappa shape index (κ1) is 18.8. The van der Waals surface area contributed by atoms with Crippen molar-refractivity contribution >= 4 is 5.69 Å². The van der Waals surface area contributed by atoms with Crippen molar-refractivity contribution in [3.8, 4) is 17.2 Å². The van der Waals surface area contributed by atoms with Gasteiger partial charge in [0.05, 0.1) is 6.61 Å². The van der Waals surface area contributed by atoms with Crippen LogP contribution in [-0.2, 0) is 11.3 Å². The third-order valence-corrected chi connectivity index (χ3v) is 3.98. The fourth-order valence-corrected chi connectivity index (χ4v) is 2.61. The van der Waals surface area contributed by atoms with E-state index < -0.39 is 0 Å². The molecule has 0 atom stereocenters. The molecule has 3 aromatic carbocycles. The summed E-state index contributed by atoms with van der Waals surface area (Å²) in [4.78, 5) is 0. The summed E-state index contributed by atoms with van der Waals surface area (Å²) in [5, 5.41) is 3.43. The summed E-state index contributed by atoms with van der Waals surface area (Å²) in [7, 11) is 0. The minimum absolute atomic E-state index is 0.552. The molecule has 0 aliphatic rings. The second kappa shape index (κ2) is 10.2. The average Bonchev–Trinajstić information content (AvgIpc) is 2.72. The van der Waals surface area contributed by atoms with Gasteiger partial charge in [-0.3, -0.25) is 0 Å². The zero-order chi connectivity index (χ0) is 18.7. The van der Waals surface area contributed by atoms with E-state index in [0.717, 1.165) is 28.5 Å². The third kappa shape index (κ3) is 6.04. The van der Waals surface area contributed by atoms with Gasteiger partial charge in [-0.05, 0) is 49.4 Å². The third-order valence-electron chi connectivity index (χ3n) is 3.98. The van der Waals surface area contributed by atoms with Crippen LogP contribution in [-0.4, -0.2) is 19.8 Å². The molecule has 0 aliphatic carbocycles. The smallest absolute Gasteiger partial charge is 0.127 e. The Morgan fingerprint density at radius 3 is 2.22 bits per heavy atom. The lowest BCUT2D eigenvalue weighted by atomic mass is 10.2. The summed E-state index contributed by atoms with van der Waals surface area (Å²) >= 11 is 0. The molecule has 4 nitrogen and oxygen atoms in total. The Morgan fingerprint density at radius 1 is 0.741 bits per heavy atom. The van der Waals surface area contributed by atoms with Crippen LogP contribution in [0, 0.1) is 0 Å². The molecule has 0 saturated carbocycles. The van der Waals surface area contributed by atoms with Gasteiger partial charge in [0.25, 0.3) is 0 Å². The van der Waals surface area contributed by atoms with Gasteiger partial charge in [-0.1, -0.05) is 36.4 Å². The molecule has 0 aliphatic heterocycles. The van der Waals surface area contributed by atoms with Crippen molar-refractivity contribution in [2.24, 2.45) is 0 Å². The van der Waals surface area contributed by atoms with Gasteiger partial charge < -0.3 is 19.5 Å². The first-order chi connectivity index (χ1) is 13.3. The SMILES string of the molecule is CCOCCOc1ccccc1CNc1ccc(Oc2ccccc2)cc1. The molecular weight excluding hydrogens is 338 g/mol. The van der Waals surface area contributed by atoms with Crippen LogP contribution < -0.4 is 14.8 Å². The molecular formula is C23H25NO3. The van der Waals surface area contributed by atoms with Crippen LogP contribution in [0.1, 0.15) is 12.5 Å². The van der Waals surface area contributed by atoms with Gasteiger partial charge in [0.1, 0.15) is 23.9 Å². The highest BCUT2D eigenvalue weighted by Crippen LogP contribution is 2.24. The molecule has 0 unspecified atom stereocenters. The van der Waals surface area contributed by atoms with Gasteiger partial charge in [0, 0.05) is 24.4 Å². The van der Waals surface area contributed by atoms with E-state index in [4.69, 9.17) is 14.2 Å². The zero-order valence-corrected chi connectivity index (χ0v) is 15.6. The topological polar surface area (TPSA) is 39.7 Å². The number of anilines is 1. The minimum Gasteiger partial charge on any atom is -0.491 e. The van der Waals surface area contributed by atoms with E-state index in [-0.39, 0.29) is 0 Å². The van der Waals surface area contributed by atoms with Crippen LogP contribution >= 0.6 is 0 Å². The van der Waals surface area contributed by atoms with Crippen LogP contribution in [0.3, 0.4) is 0 Å². The molecule has 1 N–H and O–H groups in total. The van der Waals surface area contributed by atoms with E-state index in [1.807, 2.05) is 79.7 Å². The first-order valence-corrected chi connectivity index (χ1v) is 9.20. The van der Waals surface area contributed by atoms with Crippen molar-refractivity contribution in [2.45, 2.75) is 13.5 Å². The van der Waals surface area contributed by atoms with Gasteiger partial charge in [0.2, 0.25) is 0 Å². The second-order valence-corrected chi connectivity index (χ2v) is 5.95. The monoisotopic (exact) mass is 363 g/mol. The van der Waals surface area contributed by atoms with Gasteiger partial charge in [-0.15, -0.1) is 0 Å². The Labute approximate surface area is 160 Å². The van der Waals surface area contributed by atoms with Crippen molar-refractivity contribution in [1.82, 2.24) is 0 Å². The summed E-state index contributed by atoms with van der Waals surface area (Å²) in [6.45, 7) is 4.52. The standard InChI is InChI=1S/C23H25NO3/c1-2-25-16-17-26-23-11-7-6-8-19(23)18-24-20-12-14-22(15-13-20)27-21-9-4-3-5-10-21/h3-15,24H,2,16-18H2,1H3. The van der Waals surface area contributed by atoms with E-state index in [2.05, 4.69) is 11.4 Å². The zero-order valence-electron chi connectivity index (χ0n) is 15.6. The molecule has 3 aromatic rings. The Morgan fingerprint density at radius 2 is 1.44 bits per heavy atom. The van der Waals surface area contributed by atoms with Crippen molar-refractivity contribution in [3.05, 3.63) is 84.4 Å². The fraction of sp³-hybridized carbons (Fsp3) is 0.217. The number of hydrogen-bond donors (Lipinski definition) is 1. The summed E-state index contributed by atoms with van der Waals surface area (Å²) in [5.41, 5.74) is 2.14. The van der Waals surface area contributed by atoms with Crippen LogP contribution in [0.15, 0.2) is 78.9 Å². The summed E-state index contributed by atoms with van der Waals surface area (Å²) in [6, 6.07) is 25.8. The Bertz CT molecular complexity index is 803. The molecule has 0 saturated heterocycles. The quantitative estimate of drug-likeness (QED) is 0.482. The highest BCUT2D eigenvalue weighted by molar-refractivity contribution is 5.48. The maximum Gasteiger partial charge on any atom is 0.127 e. The van der Waals surface area contributed by atoms with Gasteiger partial charge in [-0.2, -0.15) is 0 Å². The van der Waals surface area contributed by atoms with E-state index in [1.54, 1.807) is 0 Å². The van der Waals surface area contributed by atoms with Crippen molar-refractivity contribution in [1.29, 1.82) is 0 Å². The molecule has 27 heavy (non-hydrogen) atoms. The summed E-state index contributed by atoms with van der Waals surface area (Å²) in [6.07, 6.45) is 0. The number of nitrogens with one attached hydrogen (secondary N) is 1. The molecule has 0 bridgehead atoms. The van der Waals surface area contributed by atoms with Crippen molar-refractivity contribution in [2.75, 3.05) is 25.1 Å².